The van der Waals surface area contributed by atoms with Crippen LogP contribution in [0.25, 0.3) is 72.5 Å². The SMILES string of the molecule is c1ccc(-c2ccc(N3c4ccccc4Oc4cc(-c5ccc6c(c5)c5ccccc5n6-c5nc(-c6ccccc6)cc(-c6ccccc6)n5)ccc43)cc2)cc1. The first-order valence-corrected chi connectivity index (χ1v) is 19.2. The fraction of sp³-hybridized carbons (Fsp3) is 0. The second-order valence-corrected chi connectivity index (χ2v) is 14.3. The van der Waals surface area contributed by atoms with Crippen molar-refractivity contribution < 1.29 is 4.74 Å². The molecule has 5 heteroatoms. The number of fused-ring (bicyclic) bond motifs is 5. The van der Waals surface area contributed by atoms with Crippen molar-refractivity contribution in [3.05, 3.63) is 206 Å². The maximum atomic E-state index is 6.64. The number of nitrogens with zero attached hydrogens (tertiary/aromatic N) is 4. The van der Waals surface area contributed by atoms with E-state index in [-0.39, 0.29) is 0 Å². The molecule has 0 radical (unpaired) electrons. The minimum atomic E-state index is 0.631. The van der Waals surface area contributed by atoms with E-state index >= 15 is 0 Å². The van der Waals surface area contributed by atoms with Gasteiger partial charge in [-0.2, -0.15) is 0 Å². The van der Waals surface area contributed by atoms with E-state index in [9.17, 15) is 0 Å². The molecular formula is C52H34N4O. The van der Waals surface area contributed by atoms with Crippen molar-refractivity contribution in [3.8, 4) is 62.2 Å². The highest BCUT2D eigenvalue weighted by Crippen LogP contribution is 2.51. The third-order valence-corrected chi connectivity index (χ3v) is 10.8. The van der Waals surface area contributed by atoms with Gasteiger partial charge in [-0.05, 0) is 82.9 Å². The summed E-state index contributed by atoms with van der Waals surface area (Å²) in [6.45, 7) is 0. The minimum Gasteiger partial charge on any atom is -0.453 e. The zero-order valence-corrected chi connectivity index (χ0v) is 30.8. The second-order valence-electron chi connectivity index (χ2n) is 14.3. The monoisotopic (exact) mass is 730 g/mol. The number of anilines is 3. The van der Waals surface area contributed by atoms with Crippen LogP contribution in [0.15, 0.2) is 206 Å². The number of aromatic nitrogens is 3. The van der Waals surface area contributed by atoms with Crippen LogP contribution in [0.5, 0.6) is 11.5 Å². The molecule has 1 aliphatic heterocycles. The number of benzene rings is 8. The van der Waals surface area contributed by atoms with E-state index in [0.717, 1.165) is 84.0 Å². The van der Waals surface area contributed by atoms with Crippen LogP contribution in [0, 0.1) is 0 Å². The molecule has 0 bridgehead atoms. The van der Waals surface area contributed by atoms with E-state index < -0.39 is 0 Å². The van der Waals surface area contributed by atoms with Gasteiger partial charge in [-0.1, -0.05) is 146 Å². The smallest absolute Gasteiger partial charge is 0.235 e. The zero-order valence-electron chi connectivity index (χ0n) is 30.8. The van der Waals surface area contributed by atoms with Gasteiger partial charge in [0, 0.05) is 27.6 Å². The summed E-state index contributed by atoms with van der Waals surface area (Å²) in [4.78, 5) is 12.7. The van der Waals surface area contributed by atoms with Gasteiger partial charge in [-0.3, -0.25) is 4.57 Å². The van der Waals surface area contributed by atoms with Crippen LogP contribution in [0.3, 0.4) is 0 Å². The maximum absolute atomic E-state index is 6.64. The summed E-state index contributed by atoms with van der Waals surface area (Å²) >= 11 is 0. The first-order valence-electron chi connectivity index (χ1n) is 19.2. The predicted octanol–water partition coefficient (Wildman–Crippen LogP) is 13.8. The molecule has 0 aliphatic carbocycles. The van der Waals surface area contributed by atoms with Crippen molar-refractivity contribution in [1.29, 1.82) is 0 Å². The van der Waals surface area contributed by atoms with Gasteiger partial charge >= 0.3 is 0 Å². The Bertz CT molecular complexity index is 3030. The Kier molecular flexibility index (Phi) is 7.74. The van der Waals surface area contributed by atoms with E-state index in [1.807, 2.05) is 54.6 Å². The minimum absolute atomic E-state index is 0.631. The third kappa shape index (κ3) is 5.72. The van der Waals surface area contributed by atoms with Crippen LogP contribution in [-0.4, -0.2) is 14.5 Å². The van der Waals surface area contributed by atoms with Crippen molar-refractivity contribution in [1.82, 2.24) is 14.5 Å². The quantitative estimate of drug-likeness (QED) is 0.171. The van der Waals surface area contributed by atoms with Gasteiger partial charge < -0.3 is 9.64 Å². The van der Waals surface area contributed by atoms with Gasteiger partial charge in [0.05, 0.1) is 33.8 Å². The van der Waals surface area contributed by atoms with Crippen molar-refractivity contribution in [2.24, 2.45) is 0 Å². The Morgan fingerprint density at radius 1 is 0.351 bits per heavy atom. The summed E-state index contributed by atoms with van der Waals surface area (Å²) in [6, 6.07) is 71.9. The number of para-hydroxylation sites is 3. The molecule has 57 heavy (non-hydrogen) atoms. The largest absolute Gasteiger partial charge is 0.453 e. The topological polar surface area (TPSA) is 43.2 Å². The molecule has 0 saturated carbocycles. The first kappa shape index (κ1) is 32.7. The predicted molar refractivity (Wildman–Crippen MR) is 233 cm³/mol. The molecule has 0 fully saturated rings. The summed E-state index contributed by atoms with van der Waals surface area (Å²) in [5, 5.41) is 2.26. The van der Waals surface area contributed by atoms with Crippen LogP contribution >= 0.6 is 0 Å². The molecule has 0 N–H and O–H groups in total. The summed E-state index contributed by atoms with van der Waals surface area (Å²) in [5.41, 5.74) is 13.5. The lowest BCUT2D eigenvalue weighted by atomic mass is 10.0. The molecule has 268 valence electrons. The molecule has 0 amide bonds. The van der Waals surface area contributed by atoms with Crippen LogP contribution in [0.1, 0.15) is 0 Å². The van der Waals surface area contributed by atoms with Gasteiger partial charge in [0.15, 0.2) is 11.5 Å². The summed E-state index contributed by atoms with van der Waals surface area (Å²) in [6.07, 6.45) is 0. The lowest BCUT2D eigenvalue weighted by molar-refractivity contribution is 0.477. The Balaban J connectivity index is 1.02. The highest BCUT2D eigenvalue weighted by molar-refractivity contribution is 6.10. The molecule has 10 aromatic rings. The Morgan fingerprint density at radius 3 is 1.60 bits per heavy atom. The molecule has 8 aromatic carbocycles. The molecule has 2 aromatic heterocycles. The molecule has 0 unspecified atom stereocenters. The van der Waals surface area contributed by atoms with Crippen LogP contribution < -0.4 is 9.64 Å². The molecular weight excluding hydrogens is 697 g/mol. The standard InChI is InChI=1S/C52H34N4O/c1-4-14-35(15-5-1)36-24-28-41(29-25-36)55-48-22-12-13-23-50(48)57-51-33-40(27-31-49(51)55)39-26-30-47-43(32-39)42-20-10-11-21-46(42)56(47)52-53-44(37-16-6-2-7-17-37)34-45(54-52)38-18-8-3-9-19-38/h1-34H. The Hall–Kier alpha value is -7.76. The summed E-state index contributed by atoms with van der Waals surface area (Å²) < 4.78 is 8.83. The van der Waals surface area contributed by atoms with Crippen molar-refractivity contribution in [2.45, 2.75) is 0 Å². The number of rotatable bonds is 6. The lowest BCUT2D eigenvalue weighted by Crippen LogP contribution is -2.15. The van der Waals surface area contributed by atoms with Gasteiger partial charge in [0.25, 0.3) is 0 Å². The third-order valence-electron chi connectivity index (χ3n) is 10.8. The first-order chi connectivity index (χ1) is 28.2. The van der Waals surface area contributed by atoms with Gasteiger partial charge in [-0.25, -0.2) is 9.97 Å². The van der Waals surface area contributed by atoms with Crippen molar-refractivity contribution in [2.75, 3.05) is 4.90 Å². The highest BCUT2D eigenvalue weighted by atomic mass is 16.5. The summed E-state index contributed by atoms with van der Waals surface area (Å²) in [5.74, 6) is 2.26. The molecule has 0 spiro atoms. The maximum Gasteiger partial charge on any atom is 0.235 e. The van der Waals surface area contributed by atoms with E-state index in [0.29, 0.717) is 5.95 Å². The Labute approximate surface area is 330 Å². The second kappa shape index (κ2) is 13.5. The zero-order chi connectivity index (χ0) is 37.7. The number of hydrogen-bond donors (Lipinski definition) is 0. The van der Waals surface area contributed by atoms with Crippen molar-refractivity contribution in [3.63, 3.8) is 0 Å². The number of ether oxygens (including phenoxy) is 1. The average molecular weight is 731 g/mol. The summed E-state index contributed by atoms with van der Waals surface area (Å²) in [7, 11) is 0. The van der Waals surface area contributed by atoms with Gasteiger partial charge in [0.2, 0.25) is 5.95 Å². The fourth-order valence-electron chi connectivity index (χ4n) is 8.06. The highest BCUT2D eigenvalue weighted by Gasteiger charge is 2.26. The van der Waals surface area contributed by atoms with E-state index in [2.05, 4.69) is 161 Å². The van der Waals surface area contributed by atoms with Crippen LogP contribution in [0.2, 0.25) is 0 Å². The molecule has 5 nitrogen and oxygen atoms in total. The van der Waals surface area contributed by atoms with E-state index in [4.69, 9.17) is 14.7 Å². The van der Waals surface area contributed by atoms with Gasteiger partial charge in [-0.15, -0.1) is 0 Å². The molecule has 3 heterocycles. The van der Waals surface area contributed by atoms with E-state index in [1.54, 1.807) is 0 Å². The van der Waals surface area contributed by atoms with E-state index in [1.165, 1.54) is 11.1 Å². The number of hydrogen-bond acceptors (Lipinski definition) is 4. The molecule has 1 aliphatic rings. The van der Waals surface area contributed by atoms with Gasteiger partial charge in [0.1, 0.15) is 0 Å². The molecule has 0 saturated heterocycles. The average Bonchev–Trinajstić information content (AvgIpc) is 3.62. The molecule has 11 rings (SSSR count). The fourth-order valence-corrected chi connectivity index (χ4v) is 8.06. The molecule has 0 atom stereocenters. The lowest BCUT2D eigenvalue weighted by Gasteiger charge is -2.33. The Morgan fingerprint density at radius 2 is 0.877 bits per heavy atom. The normalized spacial score (nSPS) is 12.0. The van der Waals surface area contributed by atoms with Crippen molar-refractivity contribution >= 4 is 38.9 Å². The van der Waals surface area contributed by atoms with Crippen LogP contribution in [0.4, 0.5) is 17.1 Å². The van der Waals surface area contributed by atoms with Crippen LogP contribution in [-0.2, 0) is 0 Å².